The van der Waals surface area contributed by atoms with E-state index < -0.39 is 124 Å². The second-order valence-corrected chi connectivity index (χ2v) is 25.0. The van der Waals surface area contributed by atoms with Gasteiger partial charge in [-0.3, -0.25) is 4.79 Å². The van der Waals surface area contributed by atoms with Gasteiger partial charge in [-0.25, -0.2) is 0 Å². The van der Waals surface area contributed by atoms with Gasteiger partial charge in [0.2, 0.25) is 5.91 Å². The van der Waals surface area contributed by atoms with Gasteiger partial charge < -0.3 is 89.9 Å². The lowest BCUT2D eigenvalue weighted by Crippen LogP contribution is -2.66. The molecule has 502 valence electrons. The van der Waals surface area contributed by atoms with Crippen molar-refractivity contribution in [2.24, 2.45) is 0 Å². The fraction of sp³-hybridized carbons (Fsp3) is 0.955. The number of nitrogens with one attached hydrogen (secondary N) is 1. The minimum absolute atomic E-state index is 0.248. The molecule has 0 saturated carbocycles. The molecule has 3 fully saturated rings. The summed E-state index contributed by atoms with van der Waals surface area (Å²) in [5.74, 6) is -0.278. The number of hydrogen-bond acceptors (Lipinski definition) is 18. The van der Waals surface area contributed by atoms with Gasteiger partial charge in [-0.1, -0.05) is 257 Å². The van der Waals surface area contributed by atoms with Crippen LogP contribution in [0.4, 0.5) is 0 Å². The minimum atomic E-state index is -1.97. The van der Waals surface area contributed by atoms with E-state index in [1.165, 1.54) is 199 Å². The quantitative estimate of drug-likeness (QED) is 0.0201. The molecule has 19 nitrogen and oxygen atoms in total. The van der Waals surface area contributed by atoms with Crippen LogP contribution in [0.5, 0.6) is 0 Å². The fourth-order valence-corrected chi connectivity index (χ4v) is 12.0. The molecule has 0 aromatic rings. The van der Waals surface area contributed by atoms with Crippen LogP contribution in [0.3, 0.4) is 0 Å². The molecule has 0 aliphatic carbocycles. The Morgan fingerprint density at radius 3 is 1.11 bits per heavy atom. The average molecular weight is 1220 g/mol. The summed E-state index contributed by atoms with van der Waals surface area (Å²) in [5.41, 5.74) is 0. The van der Waals surface area contributed by atoms with Gasteiger partial charge in [0.05, 0.1) is 38.6 Å². The van der Waals surface area contributed by atoms with Crippen LogP contribution in [0.15, 0.2) is 12.2 Å². The van der Waals surface area contributed by atoms with Gasteiger partial charge in [0.15, 0.2) is 18.9 Å². The molecule has 1 amide bonds. The zero-order valence-corrected chi connectivity index (χ0v) is 52.9. The summed E-state index contributed by atoms with van der Waals surface area (Å²) in [6.45, 7) is 1.62. The lowest BCUT2D eigenvalue weighted by Gasteiger charge is -2.48. The highest BCUT2D eigenvalue weighted by molar-refractivity contribution is 5.76. The normalized spacial score (nSPS) is 29.0. The first-order valence-electron chi connectivity index (χ1n) is 34.4. The van der Waals surface area contributed by atoms with E-state index in [1.54, 1.807) is 6.08 Å². The van der Waals surface area contributed by atoms with E-state index in [0.29, 0.717) is 6.42 Å². The van der Waals surface area contributed by atoms with E-state index in [-0.39, 0.29) is 18.9 Å². The first-order chi connectivity index (χ1) is 41.3. The number of ether oxygens (including phenoxy) is 6. The van der Waals surface area contributed by atoms with Gasteiger partial charge in [-0.2, -0.15) is 0 Å². The smallest absolute Gasteiger partial charge is 0.220 e. The molecule has 3 saturated heterocycles. The SMILES string of the molecule is CCCCC/C=C/C(O)C(COC1OC(CO)C(OC2OC(CO)C(OC3OC(CO)C(O)C(O)C3O)C(O)C2O)C(O)C1O)NC(=O)CCCCCCCCCCCCCCCCCCCCCCCCCCCCCCCCCCCCC. The third-order valence-corrected chi connectivity index (χ3v) is 17.6. The molecule has 3 heterocycles. The lowest BCUT2D eigenvalue weighted by molar-refractivity contribution is -0.379. The number of carbonyl (C=O) groups excluding carboxylic acids is 1. The summed E-state index contributed by atoms with van der Waals surface area (Å²) in [5, 5.41) is 120. The minimum Gasteiger partial charge on any atom is -0.394 e. The van der Waals surface area contributed by atoms with Crippen LogP contribution in [-0.4, -0.2) is 193 Å². The Hall–Kier alpha value is -1.47. The molecule has 0 aromatic carbocycles. The summed E-state index contributed by atoms with van der Waals surface area (Å²) in [4.78, 5) is 13.2. The topological polar surface area (TPSA) is 307 Å². The predicted molar refractivity (Wildman–Crippen MR) is 328 cm³/mol. The second-order valence-electron chi connectivity index (χ2n) is 25.0. The molecule has 3 rings (SSSR count). The summed E-state index contributed by atoms with van der Waals surface area (Å²) in [7, 11) is 0. The van der Waals surface area contributed by atoms with Crippen molar-refractivity contribution in [3.63, 3.8) is 0 Å². The van der Waals surface area contributed by atoms with Crippen LogP contribution >= 0.6 is 0 Å². The Bertz CT molecular complexity index is 1600. The van der Waals surface area contributed by atoms with Crippen molar-refractivity contribution in [1.29, 1.82) is 0 Å². The summed E-state index contributed by atoms with van der Waals surface area (Å²) >= 11 is 0. The van der Waals surface area contributed by atoms with E-state index >= 15 is 0 Å². The molecule has 12 N–H and O–H groups in total. The molecule has 0 aromatic heterocycles. The third kappa shape index (κ3) is 31.9. The molecule has 0 bridgehead atoms. The Labute approximate surface area is 512 Å². The molecule has 3 aliphatic rings. The highest BCUT2D eigenvalue weighted by Gasteiger charge is 2.53. The molecule has 3 aliphatic heterocycles. The Balaban J connectivity index is 1.24. The highest BCUT2D eigenvalue weighted by atomic mass is 16.8. The predicted octanol–water partition coefficient (Wildman–Crippen LogP) is 8.50. The summed E-state index contributed by atoms with van der Waals surface area (Å²) < 4.78 is 34.1. The zero-order valence-electron chi connectivity index (χ0n) is 52.9. The van der Waals surface area contributed by atoms with Gasteiger partial charge in [-0.15, -0.1) is 0 Å². The van der Waals surface area contributed by atoms with Crippen LogP contribution < -0.4 is 5.32 Å². The fourth-order valence-electron chi connectivity index (χ4n) is 12.0. The number of rotatable bonds is 53. The number of amides is 1. The summed E-state index contributed by atoms with van der Waals surface area (Å²) in [6, 6.07) is -0.965. The van der Waals surface area contributed by atoms with E-state index in [1.807, 2.05) is 6.08 Å². The molecule has 19 heteroatoms. The van der Waals surface area contributed by atoms with Crippen molar-refractivity contribution in [3.8, 4) is 0 Å². The molecular weight excluding hydrogens is 1090 g/mol. The van der Waals surface area contributed by atoms with Crippen molar-refractivity contribution < 1.29 is 89.4 Å². The first kappa shape index (κ1) is 77.8. The maximum atomic E-state index is 13.2. The second kappa shape index (κ2) is 49.3. The van der Waals surface area contributed by atoms with E-state index in [4.69, 9.17) is 28.4 Å². The molecular formula is C66H125NO18. The van der Waals surface area contributed by atoms with Crippen LogP contribution in [-0.2, 0) is 33.2 Å². The highest BCUT2D eigenvalue weighted by Crippen LogP contribution is 2.33. The summed E-state index contributed by atoms with van der Waals surface area (Å²) in [6.07, 6.45) is 27.5. The van der Waals surface area contributed by atoms with Crippen LogP contribution in [0.1, 0.15) is 271 Å². The van der Waals surface area contributed by atoms with Crippen molar-refractivity contribution in [1.82, 2.24) is 5.32 Å². The Morgan fingerprint density at radius 2 is 0.729 bits per heavy atom. The first-order valence-corrected chi connectivity index (χ1v) is 34.4. The standard InChI is InChI=1S/C66H125NO18/c1-3-5-7-9-10-11-12-13-14-15-16-17-18-19-20-21-22-23-24-25-26-27-28-29-30-31-32-33-34-35-36-37-38-40-42-44-54(72)67-49(50(71)43-41-39-8-6-4-2)48-80-64-60(78)57(75)62(52(46-69)82-64)85-66-61(79)58(76)63(53(47-70)83-66)84-65-59(77)56(74)55(73)51(45-68)81-65/h41,43,49-53,55-66,68-71,73-79H,3-40,42,44-48H2,1-2H3,(H,67,72)/b43-41+. The van der Waals surface area contributed by atoms with Gasteiger partial charge in [0.1, 0.15) is 73.2 Å². The Kier molecular flexibility index (Phi) is 45.1. The molecule has 0 radical (unpaired) electrons. The van der Waals surface area contributed by atoms with Crippen LogP contribution in [0.2, 0.25) is 0 Å². The number of aliphatic hydroxyl groups is 11. The number of carbonyl (C=O) groups is 1. The van der Waals surface area contributed by atoms with Crippen molar-refractivity contribution in [3.05, 3.63) is 12.2 Å². The van der Waals surface area contributed by atoms with Crippen LogP contribution in [0, 0.1) is 0 Å². The van der Waals surface area contributed by atoms with E-state index in [0.717, 1.165) is 44.9 Å². The van der Waals surface area contributed by atoms with Gasteiger partial charge in [0.25, 0.3) is 0 Å². The van der Waals surface area contributed by atoms with Gasteiger partial charge in [0, 0.05) is 6.42 Å². The van der Waals surface area contributed by atoms with Crippen molar-refractivity contribution in [2.45, 2.75) is 375 Å². The van der Waals surface area contributed by atoms with E-state index in [2.05, 4.69) is 19.2 Å². The van der Waals surface area contributed by atoms with Crippen molar-refractivity contribution >= 4 is 5.91 Å². The maximum Gasteiger partial charge on any atom is 0.220 e. The van der Waals surface area contributed by atoms with Gasteiger partial charge >= 0.3 is 0 Å². The number of unbranched alkanes of at least 4 members (excludes halogenated alkanes) is 37. The maximum absolute atomic E-state index is 13.2. The van der Waals surface area contributed by atoms with Crippen LogP contribution in [0.25, 0.3) is 0 Å². The zero-order chi connectivity index (χ0) is 61.9. The number of aliphatic hydroxyl groups excluding tert-OH is 11. The average Bonchev–Trinajstić information content (AvgIpc) is 1.93. The van der Waals surface area contributed by atoms with E-state index in [9.17, 15) is 61.0 Å². The number of hydrogen-bond donors (Lipinski definition) is 12. The Morgan fingerprint density at radius 1 is 0.412 bits per heavy atom. The van der Waals surface area contributed by atoms with Gasteiger partial charge in [-0.05, 0) is 19.3 Å². The van der Waals surface area contributed by atoms with Crippen molar-refractivity contribution in [2.75, 3.05) is 26.4 Å². The molecule has 17 unspecified atom stereocenters. The third-order valence-electron chi connectivity index (χ3n) is 17.6. The molecule has 85 heavy (non-hydrogen) atoms. The number of allylic oxidation sites excluding steroid dienone is 1. The largest absolute Gasteiger partial charge is 0.394 e. The lowest BCUT2D eigenvalue weighted by atomic mass is 9.96. The monoisotopic (exact) mass is 1220 g/mol. The molecule has 17 atom stereocenters. The molecule has 0 spiro atoms.